The molecule has 1 heterocycles. The Morgan fingerprint density at radius 2 is 1.90 bits per heavy atom. The van der Waals surface area contributed by atoms with Gasteiger partial charge in [0.2, 0.25) is 0 Å². The van der Waals surface area contributed by atoms with Crippen LogP contribution in [0.2, 0.25) is 0 Å². The molecule has 1 aromatic carbocycles. The highest BCUT2D eigenvalue weighted by molar-refractivity contribution is 7.91. The van der Waals surface area contributed by atoms with E-state index in [4.69, 9.17) is 5.26 Å². The molecule has 0 amide bonds. The zero-order valence-corrected chi connectivity index (χ0v) is 12.2. The molecule has 7 heteroatoms. The normalized spacial score (nSPS) is 11.5. The molecule has 0 radical (unpaired) electrons. The van der Waals surface area contributed by atoms with Crippen LogP contribution in [0.1, 0.15) is 10.4 Å². The van der Waals surface area contributed by atoms with Gasteiger partial charge in [0.15, 0.2) is 0 Å². The van der Waals surface area contributed by atoms with Gasteiger partial charge in [0.1, 0.15) is 21.0 Å². The van der Waals surface area contributed by atoms with Crippen LogP contribution in [0, 0.1) is 17.1 Å². The van der Waals surface area contributed by atoms with Gasteiger partial charge in [-0.3, -0.25) is 0 Å². The van der Waals surface area contributed by atoms with Crippen LogP contribution in [0.15, 0.2) is 40.6 Å². The van der Waals surface area contributed by atoms with Crippen molar-refractivity contribution >= 4 is 21.4 Å². The van der Waals surface area contributed by atoms with Crippen molar-refractivity contribution in [1.82, 2.24) is 4.31 Å². The number of thiophene rings is 1. The van der Waals surface area contributed by atoms with Crippen molar-refractivity contribution in [3.05, 3.63) is 52.7 Å². The Balaban J connectivity index is 2.21. The van der Waals surface area contributed by atoms with Crippen LogP contribution < -0.4 is 0 Å². The summed E-state index contributed by atoms with van der Waals surface area (Å²) in [6, 6.07) is 10.4. The van der Waals surface area contributed by atoms with Crippen molar-refractivity contribution in [3.63, 3.8) is 0 Å². The second kappa shape index (κ2) is 5.71. The molecule has 0 aliphatic carbocycles. The molecule has 20 heavy (non-hydrogen) atoms. The van der Waals surface area contributed by atoms with Gasteiger partial charge in [0.25, 0.3) is 10.0 Å². The van der Waals surface area contributed by atoms with E-state index in [1.807, 2.05) is 6.07 Å². The van der Waals surface area contributed by atoms with Crippen LogP contribution in [-0.4, -0.2) is 19.8 Å². The molecule has 0 fully saturated rings. The van der Waals surface area contributed by atoms with Crippen LogP contribution in [0.3, 0.4) is 0 Å². The first-order valence-corrected chi connectivity index (χ1v) is 7.90. The number of hydrogen-bond donors (Lipinski definition) is 0. The molecular weight excluding hydrogens is 299 g/mol. The average Bonchev–Trinajstić information content (AvgIpc) is 2.90. The third-order valence-corrected chi connectivity index (χ3v) is 5.94. The van der Waals surface area contributed by atoms with Crippen LogP contribution in [-0.2, 0) is 16.6 Å². The fourth-order valence-electron chi connectivity index (χ4n) is 1.60. The Hall–Kier alpha value is -1.75. The maximum Gasteiger partial charge on any atom is 0.252 e. The smallest absolute Gasteiger partial charge is 0.207 e. The summed E-state index contributed by atoms with van der Waals surface area (Å²) in [6.45, 7) is 0.141. The van der Waals surface area contributed by atoms with E-state index in [2.05, 4.69) is 0 Å². The highest BCUT2D eigenvalue weighted by Crippen LogP contribution is 2.24. The number of nitrogens with zero attached hydrogens (tertiary/aromatic N) is 2. The second-order valence-electron chi connectivity index (χ2n) is 4.12. The number of rotatable bonds is 4. The van der Waals surface area contributed by atoms with Gasteiger partial charge in [-0.2, -0.15) is 9.57 Å². The van der Waals surface area contributed by atoms with E-state index < -0.39 is 10.0 Å². The van der Waals surface area contributed by atoms with E-state index in [0.717, 1.165) is 11.3 Å². The first-order chi connectivity index (χ1) is 9.43. The molecule has 2 rings (SSSR count). The Labute approximate surface area is 120 Å². The summed E-state index contributed by atoms with van der Waals surface area (Å²) >= 11 is 0.930. The van der Waals surface area contributed by atoms with Crippen molar-refractivity contribution in [3.8, 4) is 6.07 Å². The summed E-state index contributed by atoms with van der Waals surface area (Å²) in [6.07, 6.45) is 0. The Kier molecular flexibility index (Phi) is 4.18. The fraction of sp³-hybridized carbons (Fsp3) is 0.154. The lowest BCUT2D eigenvalue weighted by Gasteiger charge is -2.15. The SMILES string of the molecule is CN(Cc1ccc(F)cc1)S(=O)(=O)c1ccc(C#N)s1. The number of nitriles is 1. The van der Waals surface area contributed by atoms with E-state index in [-0.39, 0.29) is 16.6 Å². The summed E-state index contributed by atoms with van der Waals surface area (Å²) < 4.78 is 38.7. The van der Waals surface area contributed by atoms with Gasteiger partial charge in [-0.25, -0.2) is 12.8 Å². The Morgan fingerprint density at radius 3 is 2.45 bits per heavy atom. The van der Waals surface area contributed by atoms with Gasteiger partial charge in [-0.1, -0.05) is 12.1 Å². The molecule has 0 bridgehead atoms. The Morgan fingerprint density at radius 1 is 1.25 bits per heavy atom. The lowest BCUT2D eigenvalue weighted by molar-refractivity contribution is 0.468. The maximum atomic E-state index is 12.8. The molecule has 0 saturated heterocycles. The van der Waals surface area contributed by atoms with E-state index in [0.29, 0.717) is 10.4 Å². The summed E-state index contributed by atoms with van der Waals surface area (Å²) in [7, 11) is -2.18. The largest absolute Gasteiger partial charge is 0.252 e. The zero-order chi connectivity index (χ0) is 14.8. The highest BCUT2D eigenvalue weighted by Gasteiger charge is 2.23. The minimum absolute atomic E-state index is 0.124. The van der Waals surface area contributed by atoms with Crippen LogP contribution in [0.5, 0.6) is 0 Å². The van der Waals surface area contributed by atoms with Gasteiger partial charge in [-0.15, -0.1) is 11.3 Å². The average molecular weight is 310 g/mol. The van der Waals surface area contributed by atoms with Crippen molar-refractivity contribution in [2.75, 3.05) is 7.05 Å². The number of halogens is 1. The summed E-state index contributed by atoms with van der Waals surface area (Å²) in [5, 5.41) is 8.73. The van der Waals surface area contributed by atoms with Gasteiger partial charge in [-0.05, 0) is 29.8 Å². The van der Waals surface area contributed by atoms with Gasteiger partial charge in [0, 0.05) is 13.6 Å². The minimum Gasteiger partial charge on any atom is -0.207 e. The van der Waals surface area contributed by atoms with Crippen LogP contribution in [0.4, 0.5) is 4.39 Å². The lowest BCUT2D eigenvalue weighted by Crippen LogP contribution is -2.25. The molecule has 0 spiro atoms. The minimum atomic E-state index is -3.63. The lowest BCUT2D eigenvalue weighted by atomic mass is 10.2. The van der Waals surface area contributed by atoms with E-state index in [9.17, 15) is 12.8 Å². The summed E-state index contributed by atoms with van der Waals surface area (Å²) in [5.74, 6) is -0.365. The molecule has 0 N–H and O–H groups in total. The molecule has 0 aliphatic heterocycles. The predicted molar refractivity (Wildman–Crippen MR) is 74.1 cm³/mol. The fourth-order valence-corrected chi connectivity index (χ4v) is 4.08. The van der Waals surface area contributed by atoms with Crippen molar-refractivity contribution in [2.24, 2.45) is 0 Å². The highest BCUT2D eigenvalue weighted by atomic mass is 32.2. The van der Waals surface area contributed by atoms with Gasteiger partial charge < -0.3 is 0 Å². The first-order valence-electron chi connectivity index (χ1n) is 5.64. The molecule has 104 valence electrons. The predicted octanol–water partition coefficient (Wildman–Crippen LogP) is 2.58. The number of sulfonamides is 1. The van der Waals surface area contributed by atoms with Crippen molar-refractivity contribution in [2.45, 2.75) is 10.8 Å². The van der Waals surface area contributed by atoms with E-state index in [1.54, 1.807) is 0 Å². The van der Waals surface area contributed by atoms with Gasteiger partial charge in [0.05, 0.1) is 0 Å². The standard InChI is InChI=1S/C13H11FN2O2S2/c1-16(9-10-2-4-11(14)5-3-10)20(17,18)13-7-6-12(8-15)19-13/h2-7H,9H2,1H3. The monoisotopic (exact) mass is 310 g/mol. The number of benzene rings is 1. The topological polar surface area (TPSA) is 61.2 Å². The molecule has 0 atom stereocenters. The molecule has 0 saturated carbocycles. The molecule has 0 aliphatic rings. The molecule has 4 nitrogen and oxygen atoms in total. The molecule has 2 aromatic rings. The van der Waals surface area contributed by atoms with Crippen LogP contribution in [0.25, 0.3) is 0 Å². The quantitative estimate of drug-likeness (QED) is 0.872. The summed E-state index contributed by atoms with van der Waals surface area (Å²) in [5.41, 5.74) is 0.689. The first kappa shape index (κ1) is 14.7. The van der Waals surface area contributed by atoms with Crippen molar-refractivity contribution < 1.29 is 12.8 Å². The van der Waals surface area contributed by atoms with Crippen LogP contribution >= 0.6 is 11.3 Å². The van der Waals surface area contributed by atoms with Gasteiger partial charge >= 0.3 is 0 Å². The zero-order valence-electron chi connectivity index (χ0n) is 10.6. The third kappa shape index (κ3) is 3.04. The molecule has 0 unspecified atom stereocenters. The number of hydrogen-bond acceptors (Lipinski definition) is 4. The van der Waals surface area contributed by atoms with E-state index in [1.165, 1.54) is 47.8 Å². The van der Waals surface area contributed by atoms with Crippen molar-refractivity contribution in [1.29, 1.82) is 5.26 Å². The van der Waals surface area contributed by atoms with E-state index >= 15 is 0 Å². The maximum absolute atomic E-state index is 12.8. The second-order valence-corrected chi connectivity index (χ2v) is 7.47. The summed E-state index contributed by atoms with van der Waals surface area (Å²) in [4.78, 5) is 0.346. The third-order valence-electron chi connectivity index (χ3n) is 2.67. The molecule has 1 aromatic heterocycles. The molecular formula is C13H11FN2O2S2. The Bertz CT molecular complexity index is 745.